The van der Waals surface area contributed by atoms with Gasteiger partial charge in [-0.3, -0.25) is 10.1 Å². The van der Waals surface area contributed by atoms with Gasteiger partial charge < -0.3 is 15.5 Å². The summed E-state index contributed by atoms with van der Waals surface area (Å²) >= 11 is 0. The Balaban J connectivity index is 2.34. The number of pyridine rings is 1. The molecule has 1 aliphatic carbocycles. The third kappa shape index (κ3) is 2.48. The quantitative estimate of drug-likeness (QED) is 0.537. The molecule has 0 aromatic carbocycles. The predicted molar refractivity (Wildman–Crippen MR) is 65.1 cm³/mol. The zero-order valence-corrected chi connectivity index (χ0v) is 10.00. The molecule has 0 bridgehead atoms. The second-order valence-electron chi connectivity index (χ2n) is 4.57. The Morgan fingerprint density at radius 1 is 1.58 bits per heavy atom. The molecule has 0 saturated heterocycles. The van der Waals surface area contributed by atoms with Gasteiger partial charge in [-0.25, -0.2) is 9.78 Å². The Morgan fingerprint density at radius 3 is 2.68 bits per heavy atom. The number of aliphatic hydroxyl groups excluding tert-OH is 1. The van der Waals surface area contributed by atoms with Crippen LogP contribution in [0.4, 0.5) is 11.5 Å². The van der Waals surface area contributed by atoms with E-state index in [0.717, 1.165) is 18.7 Å². The number of nitrogens with one attached hydrogen (secondary N) is 1. The van der Waals surface area contributed by atoms with Gasteiger partial charge in [0.25, 0.3) is 0 Å². The molecule has 1 aromatic heterocycles. The molecular formula is C11H13N3O5. The lowest BCUT2D eigenvalue weighted by Gasteiger charge is -2.41. The van der Waals surface area contributed by atoms with Gasteiger partial charge >= 0.3 is 11.7 Å². The lowest BCUT2D eigenvalue weighted by molar-refractivity contribution is -0.384. The van der Waals surface area contributed by atoms with E-state index in [4.69, 9.17) is 5.11 Å². The number of hydrogen-bond donors (Lipinski definition) is 3. The topological polar surface area (TPSA) is 126 Å². The molecule has 0 amide bonds. The van der Waals surface area contributed by atoms with Crippen molar-refractivity contribution in [3.63, 3.8) is 0 Å². The van der Waals surface area contributed by atoms with Crippen LogP contribution in [0.1, 0.15) is 29.6 Å². The van der Waals surface area contributed by atoms with E-state index in [2.05, 4.69) is 10.3 Å². The van der Waals surface area contributed by atoms with Crippen molar-refractivity contribution in [3.05, 3.63) is 27.9 Å². The summed E-state index contributed by atoms with van der Waals surface area (Å²) in [6.07, 6.45) is 3.38. The molecular weight excluding hydrogens is 254 g/mol. The zero-order valence-electron chi connectivity index (χ0n) is 10.00. The van der Waals surface area contributed by atoms with E-state index < -0.39 is 22.1 Å². The van der Waals surface area contributed by atoms with Crippen LogP contribution in [0, 0.1) is 10.1 Å². The molecule has 19 heavy (non-hydrogen) atoms. The van der Waals surface area contributed by atoms with E-state index in [1.807, 2.05) is 0 Å². The van der Waals surface area contributed by atoms with Crippen molar-refractivity contribution in [2.45, 2.75) is 24.8 Å². The van der Waals surface area contributed by atoms with Crippen LogP contribution < -0.4 is 5.32 Å². The van der Waals surface area contributed by atoms with Gasteiger partial charge in [-0.2, -0.15) is 0 Å². The fourth-order valence-corrected chi connectivity index (χ4v) is 1.98. The van der Waals surface area contributed by atoms with Gasteiger partial charge in [0.1, 0.15) is 0 Å². The van der Waals surface area contributed by atoms with E-state index in [9.17, 15) is 20.0 Å². The van der Waals surface area contributed by atoms with E-state index in [0.29, 0.717) is 12.8 Å². The fraction of sp³-hybridized carbons (Fsp3) is 0.455. The van der Waals surface area contributed by atoms with Crippen molar-refractivity contribution >= 4 is 17.5 Å². The summed E-state index contributed by atoms with van der Waals surface area (Å²) in [7, 11) is 0. The summed E-state index contributed by atoms with van der Waals surface area (Å²) in [5.41, 5.74) is -1.23. The molecule has 0 radical (unpaired) electrons. The van der Waals surface area contributed by atoms with Crippen LogP contribution in [0.2, 0.25) is 0 Å². The zero-order chi connectivity index (χ0) is 14.0. The van der Waals surface area contributed by atoms with Gasteiger partial charge in [-0.05, 0) is 19.3 Å². The van der Waals surface area contributed by atoms with Crippen molar-refractivity contribution in [2.75, 3.05) is 11.9 Å². The second kappa shape index (κ2) is 4.81. The SMILES string of the molecule is O=C(O)c1cnc(NC2(CO)CCC2)c([N+](=O)[O-])c1. The average molecular weight is 267 g/mol. The van der Waals surface area contributed by atoms with Crippen molar-refractivity contribution in [1.29, 1.82) is 0 Å². The molecule has 1 aromatic rings. The molecule has 1 heterocycles. The highest BCUT2D eigenvalue weighted by molar-refractivity contribution is 5.88. The number of carboxylic acid groups (broad SMARTS) is 1. The number of aromatic nitrogens is 1. The Hall–Kier alpha value is -2.22. The largest absolute Gasteiger partial charge is 0.478 e. The van der Waals surface area contributed by atoms with Gasteiger partial charge in [0.2, 0.25) is 5.82 Å². The van der Waals surface area contributed by atoms with Crippen molar-refractivity contribution in [2.24, 2.45) is 0 Å². The smallest absolute Gasteiger partial charge is 0.337 e. The molecule has 1 saturated carbocycles. The summed E-state index contributed by atoms with van der Waals surface area (Å²) in [4.78, 5) is 24.8. The van der Waals surface area contributed by atoms with Crippen LogP contribution in [0.3, 0.4) is 0 Å². The van der Waals surface area contributed by atoms with Crippen LogP contribution in [0.25, 0.3) is 0 Å². The summed E-state index contributed by atoms with van der Waals surface area (Å²) in [5, 5.41) is 31.9. The maximum absolute atomic E-state index is 10.9. The highest BCUT2D eigenvalue weighted by Gasteiger charge is 2.38. The number of rotatable bonds is 5. The Labute approximate surface area is 108 Å². The Kier molecular flexibility index (Phi) is 3.34. The third-order valence-corrected chi connectivity index (χ3v) is 3.31. The average Bonchev–Trinajstić information content (AvgIpc) is 2.33. The van der Waals surface area contributed by atoms with Crippen LogP contribution in [-0.4, -0.2) is 38.2 Å². The molecule has 0 atom stereocenters. The fourth-order valence-electron chi connectivity index (χ4n) is 1.98. The van der Waals surface area contributed by atoms with E-state index in [1.165, 1.54) is 0 Å². The molecule has 3 N–H and O–H groups in total. The van der Waals surface area contributed by atoms with Crippen LogP contribution in [0.15, 0.2) is 12.3 Å². The monoisotopic (exact) mass is 267 g/mol. The first-order valence-electron chi connectivity index (χ1n) is 5.74. The number of hydrogen-bond acceptors (Lipinski definition) is 6. The molecule has 1 fully saturated rings. The molecule has 8 nitrogen and oxygen atoms in total. The first-order valence-corrected chi connectivity index (χ1v) is 5.74. The first-order chi connectivity index (χ1) is 8.97. The van der Waals surface area contributed by atoms with Crippen LogP contribution >= 0.6 is 0 Å². The maximum Gasteiger partial charge on any atom is 0.337 e. The first kappa shape index (κ1) is 13.2. The molecule has 0 aliphatic heterocycles. The van der Waals surface area contributed by atoms with Crippen LogP contribution in [-0.2, 0) is 0 Å². The minimum Gasteiger partial charge on any atom is -0.478 e. The molecule has 0 unspecified atom stereocenters. The van der Waals surface area contributed by atoms with E-state index in [-0.39, 0.29) is 18.0 Å². The van der Waals surface area contributed by atoms with E-state index >= 15 is 0 Å². The minimum atomic E-state index is -1.28. The second-order valence-corrected chi connectivity index (χ2v) is 4.57. The van der Waals surface area contributed by atoms with Crippen molar-refractivity contribution < 1.29 is 19.9 Å². The minimum absolute atomic E-state index is 0.0104. The number of aliphatic hydroxyl groups is 1. The normalized spacial score (nSPS) is 16.5. The predicted octanol–water partition coefficient (Wildman–Crippen LogP) is 1.01. The summed E-state index contributed by atoms with van der Waals surface area (Å²) < 4.78 is 0. The Morgan fingerprint density at radius 2 is 2.26 bits per heavy atom. The maximum atomic E-state index is 10.9. The van der Waals surface area contributed by atoms with Gasteiger partial charge in [-0.15, -0.1) is 0 Å². The molecule has 8 heteroatoms. The third-order valence-electron chi connectivity index (χ3n) is 3.31. The number of aromatic carboxylic acids is 1. The van der Waals surface area contributed by atoms with Crippen molar-refractivity contribution in [1.82, 2.24) is 4.98 Å². The summed E-state index contributed by atoms with van der Waals surface area (Å²) in [6, 6.07) is 0.960. The van der Waals surface area contributed by atoms with Gasteiger partial charge in [0.05, 0.1) is 22.6 Å². The van der Waals surface area contributed by atoms with Gasteiger partial charge in [-0.1, -0.05) is 0 Å². The lowest BCUT2D eigenvalue weighted by atomic mass is 9.77. The highest BCUT2D eigenvalue weighted by Crippen LogP contribution is 2.36. The summed E-state index contributed by atoms with van der Waals surface area (Å²) in [5.74, 6) is -1.29. The van der Waals surface area contributed by atoms with Crippen LogP contribution in [0.5, 0.6) is 0 Å². The molecule has 102 valence electrons. The molecule has 2 rings (SSSR count). The number of nitro groups is 1. The number of nitrogens with zero attached hydrogens (tertiary/aromatic N) is 2. The molecule has 0 spiro atoms. The standard InChI is InChI=1S/C11H13N3O5/c15-6-11(2-1-3-11)13-9-8(14(18)19)4-7(5-12-9)10(16)17/h4-5,15H,1-3,6H2,(H,12,13)(H,16,17). The van der Waals surface area contributed by atoms with E-state index in [1.54, 1.807) is 0 Å². The number of carbonyl (C=O) groups is 1. The lowest BCUT2D eigenvalue weighted by Crippen LogP contribution is -2.48. The highest BCUT2D eigenvalue weighted by atomic mass is 16.6. The number of carboxylic acids is 1. The Bertz CT molecular complexity index is 522. The molecule has 1 aliphatic rings. The van der Waals surface area contributed by atoms with Gasteiger partial charge in [0, 0.05) is 12.3 Å². The number of anilines is 1. The van der Waals surface area contributed by atoms with Crippen molar-refractivity contribution in [3.8, 4) is 0 Å². The summed E-state index contributed by atoms with van der Waals surface area (Å²) in [6.45, 7) is -0.146. The van der Waals surface area contributed by atoms with Gasteiger partial charge in [0.15, 0.2) is 0 Å².